The smallest absolute Gasteiger partial charge is 0.456 e. The average Bonchev–Trinajstić information content (AvgIpc) is 3.29. The van der Waals surface area contributed by atoms with Gasteiger partial charge in [-0.15, -0.1) is 0 Å². The molecule has 0 rings (SSSR count). The van der Waals surface area contributed by atoms with Crippen molar-refractivity contribution in [3.8, 4) is 0 Å². The van der Waals surface area contributed by atoms with E-state index in [2.05, 4.69) is 62.5 Å². The summed E-state index contributed by atoms with van der Waals surface area (Å²) in [5.41, 5.74) is 0. The monoisotopic (exact) mass is 978 g/mol. The summed E-state index contributed by atoms with van der Waals surface area (Å²) in [7, 11) is 1.49. The van der Waals surface area contributed by atoms with Gasteiger partial charge in [0, 0.05) is 12.8 Å². The topological polar surface area (TPSA) is 111 Å². The van der Waals surface area contributed by atoms with Crippen LogP contribution in [0.3, 0.4) is 0 Å². The Morgan fingerprint density at radius 3 is 1.41 bits per heavy atom. The molecular weight excluding hydrogens is 868 g/mol. The van der Waals surface area contributed by atoms with Gasteiger partial charge in [0.1, 0.15) is 19.3 Å². The van der Waals surface area contributed by atoms with Gasteiger partial charge in [-0.3, -0.25) is 18.6 Å². The molecule has 0 saturated carbocycles. The summed E-state index contributed by atoms with van der Waals surface area (Å²) in [5.74, 6) is -0.514. The molecule has 0 aliphatic carbocycles. The molecule has 0 saturated heterocycles. The molecule has 0 aliphatic heterocycles. The first-order valence-electron chi connectivity index (χ1n) is 28.5. The quantitative estimate of drug-likeness (QED) is 0.0205. The normalized spacial score (nSPS) is 14.2. The molecule has 10 heteroatoms. The SMILES string of the molecule is CC/C=C/C/C=C/C/C=C/CCCCCCCCC(=O)NC(COP(=O)(O)OCC[N+](C)(C)C)C(/C=C/CCCCCCCCCCCC)OC(=O)CCCCCCCCCCCCCCCC. The third kappa shape index (κ3) is 49.0. The highest BCUT2D eigenvalue weighted by atomic mass is 31.2. The Hall–Kier alpha value is -2.03. The predicted octanol–water partition coefficient (Wildman–Crippen LogP) is 16.9. The minimum absolute atomic E-state index is 0.0381. The number of ether oxygens (including phenoxy) is 1. The standard InChI is InChI=1S/C58H109N2O7P/c1-7-10-13-16-19-22-25-28-30-31-32-35-38-41-44-47-50-57(61)59-55(54-66-68(63,64)65-53-52-60(4,5)6)56(49-46-43-40-37-34-27-24-21-18-15-12-9-3)67-58(62)51-48-45-42-39-36-33-29-26-23-20-17-14-11-8-2/h10,13,19,22,28,30,46,49,55-56H,7-9,11-12,14-18,20-21,23-27,29,31-45,47-48,50-54H2,1-6H3,(H-,59,61,63,64)/p+1/b13-10+,22-19+,30-28+,49-46+. The molecule has 0 spiro atoms. The van der Waals surface area contributed by atoms with Gasteiger partial charge in [-0.1, -0.05) is 230 Å². The van der Waals surface area contributed by atoms with Crippen molar-refractivity contribution < 1.29 is 37.3 Å². The minimum atomic E-state index is -4.44. The molecule has 2 N–H and O–H groups in total. The van der Waals surface area contributed by atoms with E-state index >= 15 is 0 Å². The molecular formula is C58H110N2O7P+. The molecule has 3 unspecified atom stereocenters. The molecule has 0 aromatic carbocycles. The second kappa shape index (κ2) is 48.6. The number of phosphoric acid groups is 1. The predicted molar refractivity (Wildman–Crippen MR) is 291 cm³/mol. The maximum Gasteiger partial charge on any atom is 0.472 e. The van der Waals surface area contributed by atoms with Crippen molar-refractivity contribution in [2.24, 2.45) is 0 Å². The first-order valence-corrected chi connectivity index (χ1v) is 30.0. The molecule has 68 heavy (non-hydrogen) atoms. The molecule has 0 heterocycles. The molecule has 0 fully saturated rings. The molecule has 1 amide bonds. The lowest BCUT2D eigenvalue weighted by Gasteiger charge is -2.27. The van der Waals surface area contributed by atoms with Crippen molar-refractivity contribution in [3.05, 3.63) is 48.6 Å². The highest BCUT2D eigenvalue weighted by molar-refractivity contribution is 7.47. The van der Waals surface area contributed by atoms with E-state index < -0.39 is 20.0 Å². The number of allylic oxidation sites excluding steroid dienone is 7. The molecule has 0 aromatic rings. The molecule has 0 radical (unpaired) electrons. The van der Waals surface area contributed by atoms with Crippen LogP contribution in [0, 0.1) is 0 Å². The number of rotatable bonds is 51. The van der Waals surface area contributed by atoms with Crippen LogP contribution in [-0.4, -0.2) is 74.3 Å². The number of unbranched alkanes of at least 4 members (excludes halogenated alkanes) is 29. The van der Waals surface area contributed by atoms with Crippen LogP contribution in [0.5, 0.6) is 0 Å². The van der Waals surface area contributed by atoms with Crippen LogP contribution in [0.25, 0.3) is 0 Å². The molecule has 0 bridgehead atoms. The second-order valence-electron chi connectivity index (χ2n) is 20.4. The molecule has 9 nitrogen and oxygen atoms in total. The van der Waals surface area contributed by atoms with Crippen LogP contribution in [0.15, 0.2) is 48.6 Å². The van der Waals surface area contributed by atoms with E-state index in [9.17, 15) is 19.0 Å². The number of esters is 1. The van der Waals surface area contributed by atoms with Gasteiger partial charge in [0.25, 0.3) is 0 Å². The van der Waals surface area contributed by atoms with Gasteiger partial charge in [-0.05, 0) is 63.9 Å². The summed E-state index contributed by atoms with van der Waals surface area (Å²) in [6.07, 6.45) is 58.1. The van der Waals surface area contributed by atoms with E-state index in [1.807, 2.05) is 33.3 Å². The first-order chi connectivity index (χ1) is 32.9. The van der Waals surface area contributed by atoms with Crippen LogP contribution in [0.4, 0.5) is 0 Å². The van der Waals surface area contributed by atoms with Crippen LogP contribution in [0.1, 0.15) is 258 Å². The number of quaternary nitrogens is 1. The Morgan fingerprint density at radius 1 is 0.529 bits per heavy atom. The number of hydrogen-bond donors (Lipinski definition) is 2. The molecule has 398 valence electrons. The zero-order valence-corrected chi connectivity index (χ0v) is 46.2. The van der Waals surface area contributed by atoms with Gasteiger partial charge in [-0.2, -0.15) is 0 Å². The fourth-order valence-electron chi connectivity index (χ4n) is 8.13. The fraction of sp³-hybridized carbons (Fsp3) is 0.828. The highest BCUT2D eigenvalue weighted by Gasteiger charge is 2.30. The lowest BCUT2D eigenvalue weighted by molar-refractivity contribution is -0.870. The van der Waals surface area contributed by atoms with Crippen molar-refractivity contribution >= 4 is 19.7 Å². The largest absolute Gasteiger partial charge is 0.472 e. The second-order valence-corrected chi connectivity index (χ2v) is 21.9. The Balaban J connectivity index is 5.36. The summed E-state index contributed by atoms with van der Waals surface area (Å²) in [5, 5.41) is 3.04. The minimum Gasteiger partial charge on any atom is -0.456 e. The number of likely N-dealkylation sites (N-methyl/N-ethyl adjacent to an activating group) is 1. The summed E-state index contributed by atoms with van der Waals surface area (Å²) in [4.78, 5) is 37.5. The van der Waals surface area contributed by atoms with Crippen molar-refractivity contribution in [1.82, 2.24) is 5.32 Å². The summed E-state index contributed by atoms with van der Waals surface area (Å²) >= 11 is 0. The van der Waals surface area contributed by atoms with E-state index in [4.69, 9.17) is 13.8 Å². The molecule has 0 aromatic heterocycles. The molecule has 3 atom stereocenters. The average molecular weight is 978 g/mol. The Labute approximate surface area is 420 Å². The zero-order chi connectivity index (χ0) is 50.1. The number of amides is 1. The van der Waals surface area contributed by atoms with Gasteiger partial charge in [0.2, 0.25) is 5.91 Å². The maximum atomic E-state index is 13.5. The lowest BCUT2D eigenvalue weighted by Crippen LogP contribution is -2.47. The van der Waals surface area contributed by atoms with Crippen LogP contribution in [0.2, 0.25) is 0 Å². The highest BCUT2D eigenvalue weighted by Crippen LogP contribution is 2.43. The van der Waals surface area contributed by atoms with Crippen LogP contribution in [-0.2, 0) is 27.9 Å². The van der Waals surface area contributed by atoms with Gasteiger partial charge in [-0.25, -0.2) is 4.57 Å². The van der Waals surface area contributed by atoms with Crippen molar-refractivity contribution in [2.75, 3.05) is 40.9 Å². The Bertz CT molecular complexity index is 1310. The number of carbonyl (C=O) groups excluding carboxylic acids is 2. The number of phosphoric ester groups is 1. The summed E-state index contributed by atoms with van der Waals surface area (Å²) in [6.45, 7) is 6.90. The van der Waals surface area contributed by atoms with Crippen LogP contribution < -0.4 is 5.32 Å². The van der Waals surface area contributed by atoms with E-state index in [0.29, 0.717) is 23.9 Å². The van der Waals surface area contributed by atoms with E-state index in [1.54, 1.807) is 0 Å². The molecule has 0 aliphatic rings. The van der Waals surface area contributed by atoms with E-state index in [0.717, 1.165) is 89.9 Å². The van der Waals surface area contributed by atoms with Gasteiger partial charge in [0.05, 0.1) is 33.8 Å². The Morgan fingerprint density at radius 2 is 0.941 bits per heavy atom. The lowest BCUT2D eigenvalue weighted by atomic mass is 10.0. The van der Waals surface area contributed by atoms with E-state index in [1.165, 1.54) is 135 Å². The summed E-state index contributed by atoms with van der Waals surface area (Å²) < 4.78 is 30.6. The maximum absolute atomic E-state index is 13.5. The Kier molecular flexibility index (Phi) is 47.1. The first kappa shape index (κ1) is 66.0. The third-order valence-electron chi connectivity index (χ3n) is 12.5. The van der Waals surface area contributed by atoms with Gasteiger partial charge < -0.3 is 19.4 Å². The number of nitrogens with one attached hydrogen (secondary N) is 1. The van der Waals surface area contributed by atoms with E-state index in [-0.39, 0.29) is 25.1 Å². The van der Waals surface area contributed by atoms with Crippen LogP contribution >= 0.6 is 7.82 Å². The number of nitrogens with zero attached hydrogens (tertiary/aromatic N) is 1. The zero-order valence-electron chi connectivity index (χ0n) is 45.3. The van der Waals surface area contributed by atoms with Crippen molar-refractivity contribution in [1.29, 1.82) is 0 Å². The van der Waals surface area contributed by atoms with Gasteiger partial charge >= 0.3 is 13.8 Å². The van der Waals surface area contributed by atoms with Crippen molar-refractivity contribution in [3.63, 3.8) is 0 Å². The number of carbonyl (C=O) groups is 2. The third-order valence-corrected chi connectivity index (χ3v) is 13.5. The van der Waals surface area contributed by atoms with Gasteiger partial charge in [0.15, 0.2) is 0 Å². The van der Waals surface area contributed by atoms with Crippen molar-refractivity contribution in [2.45, 2.75) is 270 Å². The summed E-state index contributed by atoms with van der Waals surface area (Å²) in [6, 6.07) is -0.851. The number of hydrogen-bond acceptors (Lipinski definition) is 6. The fourth-order valence-corrected chi connectivity index (χ4v) is 8.87.